The number of aryl methyl sites for hydroxylation is 1. The van der Waals surface area contributed by atoms with Crippen LogP contribution in [0.5, 0.6) is 17.2 Å². The molecule has 0 unspecified atom stereocenters. The highest BCUT2D eigenvalue weighted by Gasteiger charge is 2.23. The smallest absolute Gasteiger partial charge is 0.208 e. The second kappa shape index (κ2) is 5.51. The van der Waals surface area contributed by atoms with E-state index >= 15 is 0 Å². The van der Waals surface area contributed by atoms with Gasteiger partial charge in [0.25, 0.3) is 0 Å². The summed E-state index contributed by atoms with van der Waals surface area (Å²) in [5.74, 6) is 0.318. The third kappa shape index (κ3) is 2.19. The zero-order valence-corrected chi connectivity index (χ0v) is 14.0. The van der Waals surface area contributed by atoms with E-state index in [1.807, 2.05) is 0 Å². The molecule has 0 aliphatic heterocycles. The summed E-state index contributed by atoms with van der Waals surface area (Å²) in [4.78, 5) is 12.9. The molecule has 0 spiro atoms. The van der Waals surface area contributed by atoms with E-state index in [9.17, 15) is 9.90 Å². The fourth-order valence-corrected chi connectivity index (χ4v) is 3.10. The molecule has 3 rings (SSSR count). The molecule has 120 valence electrons. The van der Waals surface area contributed by atoms with Crippen LogP contribution in [0.1, 0.15) is 5.56 Å². The van der Waals surface area contributed by atoms with Gasteiger partial charge in [0.2, 0.25) is 5.43 Å². The maximum atomic E-state index is 12.9. The fourth-order valence-electron chi connectivity index (χ4n) is 2.59. The lowest BCUT2D eigenvalue weighted by atomic mass is 10.1. The maximum Gasteiger partial charge on any atom is 0.208 e. The van der Waals surface area contributed by atoms with E-state index in [2.05, 4.69) is 0 Å². The van der Waals surface area contributed by atoms with E-state index in [4.69, 9.17) is 37.1 Å². The van der Waals surface area contributed by atoms with Crippen LogP contribution in [0.4, 0.5) is 0 Å². The first kappa shape index (κ1) is 15.8. The number of benzene rings is 2. The minimum Gasteiger partial charge on any atom is -0.505 e. The fraction of sp³-hybridized carbons (Fsp3) is 0.188. The molecule has 0 radical (unpaired) electrons. The van der Waals surface area contributed by atoms with Crippen LogP contribution >= 0.6 is 23.2 Å². The molecule has 0 aliphatic rings. The number of ether oxygens (including phenoxy) is 2. The Labute approximate surface area is 140 Å². The monoisotopic (exact) mass is 354 g/mol. The third-order valence-corrected chi connectivity index (χ3v) is 4.20. The van der Waals surface area contributed by atoms with Crippen LogP contribution in [0.15, 0.2) is 21.3 Å². The van der Waals surface area contributed by atoms with Crippen molar-refractivity contribution in [2.24, 2.45) is 0 Å². The molecule has 1 aromatic heterocycles. The number of aromatic hydroxyl groups is 1. The van der Waals surface area contributed by atoms with Crippen LogP contribution in [0.25, 0.3) is 21.9 Å². The van der Waals surface area contributed by atoms with E-state index in [0.717, 1.165) is 5.56 Å². The Morgan fingerprint density at radius 1 is 1.04 bits per heavy atom. The van der Waals surface area contributed by atoms with Crippen molar-refractivity contribution in [2.45, 2.75) is 6.92 Å². The zero-order valence-electron chi connectivity index (χ0n) is 12.5. The lowest BCUT2D eigenvalue weighted by Gasteiger charge is -2.13. The van der Waals surface area contributed by atoms with Gasteiger partial charge in [0.1, 0.15) is 22.3 Å². The molecule has 1 heterocycles. The number of halogens is 2. The maximum absolute atomic E-state index is 12.9. The van der Waals surface area contributed by atoms with Gasteiger partial charge in [0.05, 0.1) is 24.3 Å². The highest BCUT2D eigenvalue weighted by molar-refractivity contribution is 6.39. The minimum atomic E-state index is -0.502. The molecule has 7 heteroatoms. The summed E-state index contributed by atoms with van der Waals surface area (Å²) in [6, 6.07) is 2.97. The molecule has 2 aromatic carbocycles. The van der Waals surface area contributed by atoms with Crippen LogP contribution in [0.2, 0.25) is 10.0 Å². The summed E-state index contributed by atoms with van der Waals surface area (Å²) in [5.41, 5.74) is 0.467. The molecule has 0 saturated carbocycles. The van der Waals surface area contributed by atoms with Crippen LogP contribution in [0, 0.1) is 6.92 Å². The molecule has 0 atom stereocenters. The minimum absolute atomic E-state index is 0.0350. The molecule has 0 saturated heterocycles. The van der Waals surface area contributed by atoms with Crippen molar-refractivity contribution in [3.05, 3.63) is 38.0 Å². The normalized spacial score (nSPS) is 11.2. The lowest BCUT2D eigenvalue weighted by Crippen LogP contribution is -2.06. The topological polar surface area (TPSA) is 68.9 Å². The van der Waals surface area contributed by atoms with E-state index in [1.165, 1.54) is 20.3 Å². The first-order chi connectivity index (χ1) is 10.9. The van der Waals surface area contributed by atoms with Gasteiger partial charge in [-0.05, 0) is 24.6 Å². The van der Waals surface area contributed by atoms with Crippen molar-refractivity contribution >= 4 is 45.1 Å². The van der Waals surface area contributed by atoms with Crippen LogP contribution in [0.3, 0.4) is 0 Å². The molecule has 0 bridgehead atoms. The van der Waals surface area contributed by atoms with Crippen molar-refractivity contribution in [3.63, 3.8) is 0 Å². The molecule has 0 aliphatic carbocycles. The van der Waals surface area contributed by atoms with Crippen LogP contribution in [-0.2, 0) is 0 Å². The van der Waals surface area contributed by atoms with Gasteiger partial charge in [0, 0.05) is 0 Å². The zero-order chi connectivity index (χ0) is 16.9. The summed E-state index contributed by atoms with van der Waals surface area (Å²) < 4.78 is 16.4. The second-order valence-corrected chi connectivity index (χ2v) is 5.77. The quantitative estimate of drug-likeness (QED) is 0.695. The number of methoxy groups -OCH3 is 2. The average molecular weight is 355 g/mol. The second-order valence-electron chi connectivity index (χ2n) is 4.96. The molecular formula is C16H12Cl2O5. The average Bonchev–Trinajstić information content (AvgIpc) is 2.51. The number of phenolic OH excluding ortho intramolecular Hbond substituents is 1. The highest BCUT2D eigenvalue weighted by atomic mass is 35.5. The Kier molecular flexibility index (Phi) is 3.78. The predicted octanol–water partition coefficient (Wildman–Crippen LogP) is 4.28. The van der Waals surface area contributed by atoms with Gasteiger partial charge < -0.3 is 19.0 Å². The van der Waals surface area contributed by atoms with Crippen molar-refractivity contribution in [3.8, 4) is 17.2 Å². The molecule has 3 aromatic rings. The number of hydrogen-bond acceptors (Lipinski definition) is 5. The van der Waals surface area contributed by atoms with E-state index in [1.54, 1.807) is 13.0 Å². The van der Waals surface area contributed by atoms with E-state index in [-0.39, 0.29) is 37.7 Å². The van der Waals surface area contributed by atoms with Gasteiger partial charge >= 0.3 is 0 Å². The summed E-state index contributed by atoms with van der Waals surface area (Å²) in [6.45, 7) is 1.80. The van der Waals surface area contributed by atoms with Gasteiger partial charge in [-0.1, -0.05) is 23.2 Å². The number of phenols is 1. The Balaban J connectivity index is 2.69. The first-order valence-corrected chi connectivity index (χ1v) is 7.35. The van der Waals surface area contributed by atoms with Crippen molar-refractivity contribution in [1.82, 2.24) is 0 Å². The Bertz CT molecular complexity index is 1010. The largest absolute Gasteiger partial charge is 0.505 e. The van der Waals surface area contributed by atoms with E-state index < -0.39 is 5.43 Å². The predicted molar refractivity (Wildman–Crippen MR) is 89.5 cm³/mol. The first-order valence-electron chi connectivity index (χ1n) is 6.59. The SMILES string of the molecule is COc1c(C)cc(OC)c2c(=O)c3c(O)c(Cl)cc(Cl)c3oc12. The van der Waals surface area contributed by atoms with Gasteiger partial charge in [-0.2, -0.15) is 0 Å². The van der Waals surface area contributed by atoms with Crippen LogP contribution in [-0.4, -0.2) is 19.3 Å². The molecule has 23 heavy (non-hydrogen) atoms. The summed E-state index contributed by atoms with van der Waals surface area (Å²) in [6.07, 6.45) is 0. The standard InChI is InChI=1S/C16H12Cl2O5/c1-6-4-9(21-2)10-13(20)11-12(19)7(17)5-8(18)15(11)23-16(10)14(6)22-3/h4-5,19H,1-3H3. The van der Waals surface area contributed by atoms with E-state index in [0.29, 0.717) is 11.5 Å². The van der Waals surface area contributed by atoms with Crippen molar-refractivity contribution < 1.29 is 19.0 Å². The molecule has 0 amide bonds. The lowest BCUT2D eigenvalue weighted by molar-refractivity contribution is 0.400. The number of rotatable bonds is 2. The Hall–Kier alpha value is -2.11. The molecular weight excluding hydrogens is 343 g/mol. The highest BCUT2D eigenvalue weighted by Crippen LogP contribution is 2.41. The van der Waals surface area contributed by atoms with Gasteiger partial charge in [-0.25, -0.2) is 0 Å². The Morgan fingerprint density at radius 2 is 1.74 bits per heavy atom. The summed E-state index contributed by atoms with van der Waals surface area (Å²) in [5, 5.41) is 10.3. The summed E-state index contributed by atoms with van der Waals surface area (Å²) in [7, 11) is 2.91. The number of fused-ring (bicyclic) bond motifs is 2. The van der Waals surface area contributed by atoms with Crippen molar-refractivity contribution in [1.29, 1.82) is 0 Å². The van der Waals surface area contributed by atoms with Gasteiger partial charge in [-0.15, -0.1) is 0 Å². The Morgan fingerprint density at radius 3 is 2.35 bits per heavy atom. The van der Waals surface area contributed by atoms with Gasteiger partial charge in [0.15, 0.2) is 16.9 Å². The van der Waals surface area contributed by atoms with Crippen molar-refractivity contribution in [2.75, 3.05) is 14.2 Å². The summed E-state index contributed by atoms with van der Waals surface area (Å²) >= 11 is 12.0. The third-order valence-electron chi connectivity index (χ3n) is 3.63. The van der Waals surface area contributed by atoms with Gasteiger partial charge in [-0.3, -0.25) is 4.79 Å². The molecule has 1 N–H and O–H groups in total. The molecule has 5 nitrogen and oxygen atoms in total. The molecule has 0 fully saturated rings. The van der Waals surface area contributed by atoms with Crippen LogP contribution < -0.4 is 14.9 Å². The number of hydrogen-bond donors (Lipinski definition) is 1.